The average molecular weight is 274 g/mol. The molecule has 2 aromatic rings. The fourth-order valence-electron chi connectivity index (χ4n) is 2.53. The van der Waals surface area contributed by atoms with E-state index in [4.69, 9.17) is 4.74 Å². The maximum absolute atomic E-state index is 5.18. The van der Waals surface area contributed by atoms with Crippen molar-refractivity contribution in [2.24, 2.45) is 0 Å². The number of nitrogens with zero attached hydrogens (tertiary/aromatic N) is 5. The van der Waals surface area contributed by atoms with Crippen LogP contribution < -0.4 is 9.64 Å². The van der Waals surface area contributed by atoms with E-state index in [1.54, 1.807) is 19.4 Å². The molecule has 3 rings (SSSR count). The molecule has 106 valence electrons. The van der Waals surface area contributed by atoms with Crippen molar-refractivity contribution in [2.75, 3.05) is 18.6 Å². The lowest BCUT2D eigenvalue weighted by molar-refractivity contribution is 0.393. The van der Waals surface area contributed by atoms with Crippen LogP contribution in [0.3, 0.4) is 0 Å². The number of piperidine rings is 1. The van der Waals surface area contributed by atoms with Crippen molar-refractivity contribution in [3.05, 3.63) is 23.9 Å². The molecule has 1 aliphatic rings. The molecule has 2 aromatic heterocycles. The lowest BCUT2D eigenvalue weighted by atomic mass is 10.0. The standard InChI is InChI=1S/C13H18N6O/c1-9-15-12(18-17-9)10-5-3-4-8-19(10)13-14-7-6-11(16-13)20-2/h6-7,10H,3-5,8H2,1-2H3,(H,15,17,18). The van der Waals surface area contributed by atoms with Gasteiger partial charge in [-0.05, 0) is 26.2 Å². The number of aromatic nitrogens is 5. The number of methoxy groups -OCH3 is 1. The molecule has 0 spiro atoms. The van der Waals surface area contributed by atoms with E-state index in [1.165, 1.54) is 6.42 Å². The molecular weight excluding hydrogens is 256 g/mol. The first-order chi connectivity index (χ1) is 9.78. The van der Waals surface area contributed by atoms with Gasteiger partial charge in [0.2, 0.25) is 11.8 Å². The normalized spacial score (nSPS) is 19.1. The number of nitrogens with one attached hydrogen (secondary N) is 1. The van der Waals surface area contributed by atoms with E-state index in [9.17, 15) is 0 Å². The first kappa shape index (κ1) is 12.8. The highest BCUT2D eigenvalue weighted by Gasteiger charge is 2.29. The van der Waals surface area contributed by atoms with E-state index in [1.807, 2.05) is 6.92 Å². The van der Waals surface area contributed by atoms with Gasteiger partial charge in [0, 0.05) is 18.8 Å². The van der Waals surface area contributed by atoms with Gasteiger partial charge < -0.3 is 9.64 Å². The molecule has 3 heterocycles. The van der Waals surface area contributed by atoms with Crippen LogP contribution in [0.2, 0.25) is 0 Å². The molecule has 1 saturated heterocycles. The Kier molecular flexibility index (Phi) is 3.49. The van der Waals surface area contributed by atoms with E-state index in [2.05, 4.69) is 30.0 Å². The van der Waals surface area contributed by atoms with Gasteiger partial charge in [-0.1, -0.05) is 0 Å². The average Bonchev–Trinajstić information content (AvgIpc) is 2.94. The maximum atomic E-state index is 5.18. The van der Waals surface area contributed by atoms with Crippen molar-refractivity contribution in [1.82, 2.24) is 25.1 Å². The summed E-state index contributed by atoms with van der Waals surface area (Å²) >= 11 is 0. The monoisotopic (exact) mass is 274 g/mol. The highest BCUT2D eigenvalue weighted by atomic mass is 16.5. The summed E-state index contributed by atoms with van der Waals surface area (Å²) in [6.07, 6.45) is 5.02. The second-order valence-electron chi connectivity index (χ2n) is 4.88. The third-order valence-corrected chi connectivity index (χ3v) is 3.50. The zero-order valence-electron chi connectivity index (χ0n) is 11.7. The molecule has 1 fully saturated rings. The third kappa shape index (κ3) is 2.43. The van der Waals surface area contributed by atoms with Crippen LogP contribution in [0.25, 0.3) is 0 Å². The zero-order chi connectivity index (χ0) is 13.9. The van der Waals surface area contributed by atoms with Gasteiger partial charge in [0.1, 0.15) is 5.82 Å². The topological polar surface area (TPSA) is 79.8 Å². The molecule has 7 nitrogen and oxygen atoms in total. The van der Waals surface area contributed by atoms with Crippen LogP contribution in [0.5, 0.6) is 5.88 Å². The molecule has 20 heavy (non-hydrogen) atoms. The first-order valence-corrected chi connectivity index (χ1v) is 6.80. The Balaban J connectivity index is 1.92. The van der Waals surface area contributed by atoms with Crippen molar-refractivity contribution < 1.29 is 4.74 Å². The molecular formula is C13H18N6O. The number of H-pyrrole nitrogens is 1. The van der Waals surface area contributed by atoms with Crippen molar-refractivity contribution >= 4 is 5.95 Å². The van der Waals surface area contributed by atoms with Gasteiger partial charge in [-0.3, -0.25) is 5.10 Å². The highest BCUT2D eigenvalue weighted by molar-refractivity contribution is 5.35. The molecule has 1 aliphatic heterocycles. The number of aryl methyl sites for hydroxylation is 1. The number of hydrogen-bond acceptors (Lipinski definition) is 6. The Morgan fingerprint density at radius 2 is 2.25 bits per heavy atom. The number of ether oxygens (including phenoxy) is 1. The lowest BCUT2D eigenvalue weighted by Gasteiger charge is -2.33. The predicted molar refractivity (Wildman–Crippen MR) is 73.6 cm³/mol. The first-order valence-electron chi connectivity index (χ1n) is 6.80. The van der Waals surface area contributed by atoms with Gasteiger partial charge in [-0.25, -0.2) is 9.97 Å². The molecule has 0 aliphatic carbocycles. The third-order valence-electron chi connectivity index (χ3n) is 3.50. The summed E-state index contributed by atoms with van der Waals surface area (Å²) in [4.78, 5) is 15.4. The molecule has 1 atom stereocenters. The molecule has 1 unspecified atom stereocenters. The quantitative estimate of drug-likeness (QED) is 0.916. The number of aromatic amines is 1. The summed E-state index contributed by atoms with van der Waals surface area (Å²) in [5.74, 6) is 2.90. The molecule has 7 heteroatoms. The van der Waals surface area contributed by atoms with Crippen LogP contribution in [0.4, 0.5) is 5.95 Å². The number of anilines is 1. The minimum Gasteiger partial charge on any atom is -0.481 e. The van der Waals surface area contributed by atoms with E-state index >= 15 is 0 Å². The Morgan fingerprint density at radius 1 is 1.35 bits per heavy atom. The second kappa shape index (κ2) is 5.44. The molecule has 0 bridgehead atoms. The van der Waals surface area contributed by atoms with Crippen molar-refractivity contribution in [3.63, 3.8) is 0 Å². The van der Waals surface area contributed by atoms with Gasteiger partial charge in [-0.2, -0.15) is 10.1 Å². The zero-order valence-corrected chi connectivity index (χ0v) is 11.7. The highest BCUT2D eigenvalue weighted by Crippen LogP contribution is 2.31. The number of hydrogen-bond donors (Lipinski definition) is 1. The van der Waals surface area contributed by atoms with E-state index in [0.29, 0.717) is 11.8 Å². The van der Waals surface area contributed by atoms with Crippen LogP contribution in [-0.4, -0.2) is 38.8 Å². The van der Waals surface area contributed by atoms with Crippen molar-refractivity contribution in [3.8, 4) is 5.88 Å². The minimum absolute atomic E-state index is 0.126. The van der Waals surface area contributed by atoms with E-state index < -0.39 is 0 Å². The minimum atomic E-state index is 0.126. The molecule has 0 aromatic carbocycles. The van der Waals surface area contributed by atoms with Gasteiger partial charge in [0.15, 0.2) is 5.82 Å². The second-order valence-corrected chi connectivity index (χ2v) is 4.88. The Hall–Kier alpha value is -2.18. The van der Waals surface area contributed by atoms with E-state index in [-0.39, 0.29) is 6.04 Å². The summed E-state index contributed by atoms with van der Waals surface area (Å²) in [5, 5.41) is 7.20. The summed E-state index contributed by atoms with van der Waals surface area (Å²) < 4.78 is 5.18. The Bertz CT molecular complexity index is 584. The smallest absolute Gasteiger partial charge is 0.229 e. The van der Waals surface area contributed by atoms with Crippen molar-refractivity contribution in [1.29, 1.82) is 0 Å². The lowest BCUT2D eigenvalue weighted by Crippen LogP contribution is -2.35. The largest absolute Gasteiger partial charge is 0.481 e. The fraction of sp³-hybridized carbons (Fsp3) is 0.538. The number of rotatable bonds is 3. The predicted octanol–water partition coefficient (Wildman–Crippen LogP) is 1.64. The van der Waals surface area contributed by atoms with Crippen LogP contribution in [0.1, 0.15) is 37.0 Å². The van der Waals surface area contributed by atoms with Gasteiger partial charge >= 0.3 is 0 Å². The van der Waals surface area contributed by atoms with Crippen LogP contribution >= 0.6 is 0 Å². The van der Waals surface area contributed by atoms with Crippen LogP contribution in [0.15, 0.2) is 12.3 Å². The molecule has 0 amide bonds. The van der Waals surface area contributed by atoms with Gasteiger partial charge in [0.05, 0.1) is 13.2 Å². The SMILES string of the molecule is COc1ccnc(N2CCCCC2c2n[nH]c(C)n2)n1. The van der Waals surface area contributed by atoms with Crippen molar-refractivity contribution in [2.45, 2.75) is 32.2 Å². The Labute approximate surface area is 117 Å². The fourth-order valence-corrected chi connectivity index (χ4v) is 2.53. The van der Waals surface area contributed by atoms with Gasteiger partial charge in [-0.15, -0.1) is 0 Å². The summed E-state index contributed by atoms with van der Waals surface area (Å²) in [6, 6.07) is 1.88. The van der Waals surface area contributed by atoms with Crippen LogP contribution in [-0.2, 0) is 0 Å². The summed E-state index contributed by atoms with van der Waals surface area (Å²) in [5.41, 5.74) is 0. The summed E-state index contributed by atoms with van der Waals surface area (Å²) in [7, 11) is 1.61. The van der Waals surface area contributed by atoms with E-state index in [0.717, 1.165) is 31.0 Å². The van der Waals surface area contributed by atoms with Gasteiger partial charge in [0.25, 0.3) is 0 Å². The van der Waals surface area contributed by atoms with Crippen LogP contribution in [0, 0.1) is 6.92 Å². The summed E-state index contributed by atoms with van der Waals surface area (Å²) in [6.45, 7) is 2.82. The Morgan fingerprint density at radius 3 is 3.00 bits per heavy atom. The molecule has 1 N–H and O–H groups in total. The molecule has 0 saturated carbocycles. The maximum Gasteiger partial charge on any atom is 0.229 e. The molecule has 0 radical (unpaired) electrons.